The van der Waals surface area contributed by atoms with Gasteiger partial charge < -0.3 is 14.7 Å². The van der Waals surface area contributed by atoms with Crippen LogP contribution in [0.15, 0.2) is 48.5 Å². The molecule has 214 valence electrons. The number of hydrogen-bond donors (Lipinski definition) is 1. The van der Waals surface area contributed by atoms with Crippen LogP contribution in [0.25, 0.3) is 0 Å². The van der Waals surface area contributed by atoms with Crippen molar-refractivity contribution >= 4 is 11.6 Å². The molecule has 0 aliphatic carbocycles. The van der Waals surface area contributed by atoms with Gasteiger partial charge in [-0.2, -0.15) is 0 Å². The summed E-state index contributed by atoms with van der Waals surface area (Å²) in [5.41, 5.74) is 1.92. The second kappa shape index (κ2) is 17.8. The zero-order valence-electron chi connectivity index (χ0n) is 23.4. The largest absolute Gasteiger partial charge is 0.508 e. The summed E-state index contributed by atoms with van der Waals surface area (Å²) in [6.45, 7) is 3.70. The number of hydrogen-bond acceptors (Lipinski definition) is 5. The minimum atomic E-state index is -0.294. The highest BCUT2D eigenvalue weighted by atomic mass is 19.1. The number of nitrogens with zero attached hydrogens (tertiary/aromatic N) is 1. The van der Waals surface area contributed by atoms with Gasteiger partial charge in [0.05, 0.1) is 13.3 Å². The third-order valence-electron chi connectivity index (χ3n) is 7.58. The lowest BCUT2D eigenvalue weighted by Gasteiger charge is -2.24. The van der Waals surface area contributed by atoms with Crippen LogP contribution in [0.3, 0.4) is 0 Å². The van der Waals surface area contributed by atoms with E-state index in [9.17, 15) is 19.1 Å². The maximum atomic E-state index is 12.5. The first-order chi connectivity index (χ1) is 19.0. The minimum absolute atomic E-state index is 0.0844. The Bertz CT molecular complexity index is 970. The number of halogens is 1. The van der Waals surface area contributed by atoms with E-state index in [1.54, 1.807) is 12.1 Å². The first-order valence-corrected chi connectivity index (χ1v) is 14.9. The van der Waals surface area contributed by atoms with E-state index in [0.29, 0.717) is 49.6 Å². The molecule has 1 heterocycles. The number of benzene rings is 2. The molecule has 0 amide bonds. The van der Waals surface area contributed by atoms with Crippen LogP contribution in [0.1, 0.15) is 93.0 Å². The SMILES string of the molecule is O=C(CCCCCC(=O)c1ccc(O)cc1)CCCC(Cc1ccc(OCCCCF)cc1)CN1CCCC1. The second-order valence-corrected chi connectivity index (χ2v) is 10.9. The van der Waals surface area contributed by atoms with Gasteiger partial charge in [-0.25, -0.2) is 0 Å². The molecule has 1 saturated heterocycles. The van der Waals surface area contributed by atoms with Crippen molar-refractivity contribution in [1.29, 1.82) is 0 Å². The monoisotopic (exact) mass is 539 g/mol. The average molecular weight is 540 g/mol. The molecule has 5 nitrogen and oxygen atoms in total. The Labute approximate surface area is 233 Å². The summed E-state index contributed by atoms with van der Waals surface area (Å²) in [5, 5.41) is 9.35. The van der Waals surface area contributed by atoms with Crippen LogP contribution in [0.4, 0.5) is 4.39 Å². The van der Waals surface area contributed by atoms with E-state index in [0.717, 1.165) is 57.2 Å². The standard InChI is InChI=1S/C33H46FNO4/c34-21-4-7-24-39-32-19-13-27(14-20-32)25-28(26-35-22-5-6-23-35)9-8-11-30(36)10-2-1-3-12-33(38)29-15-17-31(37)18-16-29/h13-20,28,37H,1-12,21-26H2. The molecule has 3 rings (SSSR count). The van der Waals surface area contributed by atoms with Crippen LogP contribution in [0.5, 0.6) is 11.5 Å². The third-order valence-corrected chi connectivity index (χ3v) is 7.58. The van der Waals surface area contributed by atoms with Gasteiger partial charge in [0.2, 0.25) is 0 Å². The number of rotatable bonds is 20. The quantitative estimate of drug-likeness (QED) is 0.141. The van der Waals surface area contributed by atoms with Crippen LogP contribution in [-0.2, 0) is 11.2 Å². The number of Topliss-reactive ketones (excluding diaryl/α,β-unsaturated/α-hetero) is 2. The Kier molecular flexibility index (Phi) is 14.0. The third kappa shape index (κ3) is 12.3. The summed E-state index contributed by atoms with van der Waals surface area (Å²) < 4.78 is 18.0. The topological polar surface area (TPSA) is 66.8 Å². The van der Waals surface area contributed by atoms with E-state index in [-0.39, 0.29) is 18.2 Å². The number of likely N-dealkylation sites (tertiary alicyclic amines) is 1. The van der Waals surface area contributed by atoms with Gasteiger partial charge in [0.25, 0.3) is 0 Å². The maximum Gasteiger partial charge on any atom is 0.162 e. The second-order valence-electron chi connectivity index (χ2n) is 10.9. The number of carbonyl (C=O) groups is 2. The van der Waals surface area contributed by atoms with Crippen molar-refractivity contribution in [2.45, 2.75) is 83.5 Å². The lowest BCUT2D eigenvalue weighted by atomic mass is 9.92. The van der Waals surface area contributed by atoms with Gasteiger partial charge in [-0.3, -0.25) is 14.0 Å². The molecule has 2 aromatic carbocycles. The van der Waals surface area contributed by atoms with Crippen LogP contribution in [-0.4, -0.2) is 54.5 Å². The highest BCUT2D eigenvalue weighted by Gasteiger charge is 2.18. The number of unbranched alkanes of at least 4 members (excludes halogenated alkanes) is 3. The minimum Gasteiger partial charge on any atom is -0.508 e. The zero-order chi connectivity index (χ0) is 27.7. The Morgan fingerprint density at radius 3 is 2.26 bits per heavy atom. The Morgan fingerprint density at radius 1 is 0.846 bits per heavy atom. The number of ether oxygens (including phenoxy) is 1. The molecule has 0 radical (unpaired) electrons. The Balaban J connectivity index is 1.34. The molecule has 1 aliphatic heterocycles. The summed E-state index contributed by atoms with van der Waals surface area (Å²) in [6, 6.07) is 14.7. The van der Waals surface area contributed by atoms with Gasteiger partial charge in [-0.1, -0.05) is 18.6 Å². The summed E-state index contributed by atoms with van der Waals surface area (Å²) in [5.74, 6) is 1.94. The molecular formula is C33H46FNO4. The molecule has 1 aliphatic rings. The summed E-state index contributed by atoms with van der Waals surface area (Å²) in [6.07, 6.45) is 11.0. The zero-order valence-corrected chi connectivity index (χ0v) is 23.4. The molecule has 1 N–H and O–H groups in total. The van der Waals surface area contributed by atoms with Crippen LogP contribution in [0.2, 0.25) is 0 Å². The van der Waals surface area contributed by atoms with E-state index in [1.165, 1.54) is 43.6 Å². The molecule has 1 unspecified atom stereocenters. The molecule has 0 aromatic heterocycles. The van der Waals surface area contributed by atoms with E-state index < -0.39 is 0 Å². The number of carbonyl (C=O) groups excluding carboxylic acids is 2. The molecule has 0 bridgehead atoms. The van der Waals surface area contributed by atoms with Gasteiger partial charge in [-0.05, 0) is 119 Å². The van der Waals surface area contributed by atoms with Crippen molar-refractivity contribution < 1.29 is 23.8 Å². The lowest BCUT2D eigenvalue weighted by Crippen LogP contribution is -2.28. The molecule has 0 saturated carbocycles. The fraction of sp³-hybridized carbons (Fsp3) is 0.576. The fourth-order valence-corrected chi connectivity index (χ4v) is 5.32. The lowest BCUT2D eigenvalue weighted by molar-refractivity contribution is -0.119. The van der Waals surface area contributed by atoms with Crippen molar-refractivity contribution in [3.63, 3.8) is 0 Å². The number of phenolic OH excluding ortho intramolecular Hbond substituents is 1. The van der Waals surface area contributed by atoms with E-state index in [2.05, 4.69) is 17.0 Å². The van der Waals surface area contributed by atoms with E-state index >= 15 is 0 Å². The number of alkyl halides is 1. The van der Waals surface area contributed by atoms with Crippen molar-refractivity contribution in [2.24, 2.45) is 5.92 Å². The summed E-state index contributed by atoms with van der Waals surface area (Å²) in [7, 11) is 0. The van der Waals surface area contributed by atoms with Gasteiger partial charge in [0, 0.05) is 31.4 Å². The van der Waals surface area contributed by atoms with Gasteiger partial charge >= 0.3 is 0 Å². The first-order valence-electron chi connectivity index (χ1n) is 14.9. The predicted octanol–water partition coefficient (Wildman–Crippen LogP) is 7.35. The molecule has 0 spiro atoms. The molecule has 1 atom stereocenters. The van der Waals surface area contributed by atoms with Crippen molar-refractivity contribution in [3.05, 3.63) is 59.7 Å². The van der Waals surface area contributed by atoms with Gasteiger partial charge in [0.1, 0.15) is 17.3 Å². The highest BCUT2D eigenvalue weighted by Crippen LogP contribution is 2.22. The first kappa shape index (κ1) is 30.8. The molecule has 1 fully saturated rings. The molecular weight excluding hydrogens is 493 g/mol. The van der Waals surface area contributed by atoms with Crippen molar-refractivity contribution in [1.82, 2.24) is 4.90 Å². The molecule has 2 aromatic rings. The normalized spacial score (nSPS) is 14.4. The van der Waals surface area contributed by atoms with Crippen LogP contribution < -0.4 is 4.74 Å². The van der Waals surface area contributed by atoms with Gasteiger partial charge in [-0.15, -0.1) is 0 Å². The number of phenols is 1. The van der Waals surface area contributed by atoms with E-state index in [4.69, 9.17) is 4.74 Å². The Morgan fingerprint density at radius 2 is 1.54 bits per heavy atom. The highest BCUT2D eigenvalue weighted by molar-refractivity contribution is 5.96. The predicted molar refractivity (Wildman–Crippen MR) is 154 cm³/mol. The number of ketones is 2. The fourth-order valence-electron chi connectivity index (χ4n) is 5.32. The van der Waals surface area contributed by atoms with Crippen molar-refractivity contribution in [3.8, 4) is 11.5 Å². The smallest absolute Gasteiger partial charge is 0.162 e. The maximum absolute atomic E-state index is 12.5. The van der Waals surface area contributed by atoms with E-state index in [1.807, 2.05) is 12.1 Å². The molecule has 6 heteroatoms. The molecule has 39 heavy (non-hydrogen) atoms. The van der Waals surface area contributed by atoms with Gasteiger partial charge in [0.15, 0.2) is 5.78 Å². The van der Waals surface area contributed by atoms with Crippen LogP contribution in [0, 0.1) is 5.92 Å². The summed E-state index contributed by atoms with van der Waals surface area (Å²) in [4.78, 5) is 27.3. The average Bonchev–Trinajstić information content (AvgIpc) is 3.45. The van der Waals surface area contributed by atoms with Crippen LogP contribution >= 0.6 is 0 Å². The van der Waals surface area contributed by atoms with Crippen molar-refractivity contribution in [2.75, 3.05) is 32.9 Å². The summed E-state index contributed by atoms with van der Waals surface area (Å²) >= 11 is 0. The Hall–Kier alpha value is -2.73. The number of aromatic hydroxyl groups is 1.